The molecule has 7 nitrogen and oxygen atoms in total. The van der Waals surface area contributed by atoms with Crippen LogP contribution in [0.2, 0.25) is 0 Å². The smallest absolute Gasteiger partial charge is 0.203 e. The minimum atomic E-state index is 0.640. The van der Waals surface area contributed by atoms with E-state index in [1.807, 2.05) is 6.07 Å². The first-order valence-electron chi connectivity index (χ1n) is 10.3. The third-order valence-electron chi connectivity index (χ3n) is 5.71. The molecule has 7 heteroatoms. The Labute approximate surface area is 179 Å². The predicted molar refractivity (Wildman–Crippen MR) is 114 cm³/mol. The van der Waals surface area contributed by atoms with Crippen molar-refractivity contribution in [2.75, 3.05) is 61.7 Å². The van der Waals surface area contributed by atoms with Crippen LogP contribution in [-0.4, -0.2) is 61.7 Å². The second-order valence-corrected chi connectivity index (χ2v) is 7.61. The molecule has 0 aliphatic carbocycles. The van der Waals surface area contributed by atoms with E-state index >= 15 is 0 Å². The lowest BCUT2D eigenvalue weighted by atomic mass is 10.1. The van der Waals surface area contributed by atoms with Gasteiger partial charge in [-0.1, -0.05) is 0 Å². The zero-order valence-electron chi connectivity index (χ0n) is 18.7. The molecule has 2 aromatic carbocycles. The lowest BCUT2D eigenvalue weighted by molar-refractivity contribution is -1.02. The van der Waals surface area contributed by atoms with Gasteiger partial charge >= 0.3 is 0 Å². The van der Waals surface area contributed by atoms with E-state index in [0.29, 0.717) is 17.2 Å². The van der Waals surface area contributed by atoms with Crippen LogP contribution in [0.15, 0.2) is 30.3 Å². The van der Waals surface area contributed by atoms with E-state index in [2.05, 4.69) is 24.3 Å². The van der Waals surface area contributed by atoms with Gasteiger partial charge in [0.25, 0.3) is 0 Å². The molecule has 1 heterocycles. The zero-order chi connectivity index (χ0) is 21.5. The molecule has 1 saturated heterocycles. The van der Waals surface area contributed by atoms with Gasteiger partial charge in [0.05, 0.1) is 35.5 Å². The number of piperazine rings is 1. The van der Waals surface area contributed by atoms with E-state index in [0.717, 1.165) is 50.8 Å². The van der Waals surface area contributed by atoms with Crippen LogP contribution in [0.25, 0.3) is 0 Å². The molecule has 0 saturated carbocycles. The first-order valence-corrected chi connectivity index (χ1v) is 10.3. The number of quaternary nitrogens is 2. The average Bonchev–Trinajstić information content (AvgIpc) is 2.79. The summed E-state index contributed by atoms with van der Waals surface area (Å²) >= 11 is 0. The molecule has 1 fully saturated rings. The molecular weight excluding hydrogens is 384 g/mol. The van der Waals surface area contributed by atoms with Crippen molar-refractivity contribution in [3.63, 3.8) is 0 Å². The maximum atomic E-state index is 5.49. The second kappa shape index (κ2) is 10.4. The Bertz CT molecular complexity index is 787. The fourth-order valence-corrected chi connectivity index (χ4v) is 4.09. The van der Waals surface area contributed by atoms with Crippen LogP contribution in [0.4, 0.5) is 0 Å². The van der Waals surface area contributed by atoms with E-state index in [1.165, 1.54) is 11.1 Å². The molecule has 2 N–H and O–H groups in total. The molecule has 3 rings (SSSR count). The summed E-state index contributed by atoms with van der Waals surface area (Å²) in [4.78, 5) is 3.15. The standard InChI is InChI=1S/C23H32N2O5/c1-26-19-10-17(11-20(14-19)27-2)15-24-6-8-25(9-7-24)16-18-12-21(28-3)23(30-5)22(13-18)29-4/h10-14H,6-9,15-16H2,1-5H3/p+2. The number of methoxy groups -OCH3 is 5. The van der Waals surface area contributed by atoms with Crippen molar-refractivity contribution >= 4 is 0 Å². The van der Waals surface area contributed by atoms with Crippen molar-refractivity contribution in [1.82, 2.24) is 0 Å². The molecule has 1 aliphatic heterocycles. The Morgan fingerprint density at radius 3 is 1.37 bits per heavy atom. The van der Waals surface area contributed by atoms with E-state index in [-0.39, 0.29) is 0 Å². The lowest BCUT2D eigenvalue weighted by Crippen LogP contribution is -3.27. The van der Waals surface area contributed by atoms with Gasteiger partial charge in [-0.2, -0.15) is 0 Å². The zero-order valence-corrected chi connectivity index (χ0v) is 18.7. The summed E-state index contributed by atoms with van der Waals surface area (Å²) < 4.78 is 27.2. The van der Waals surface area contributed by atoms with Gasteiger partial charge < -0.3 is 33.5 Å². The number of ether oxygens (including phenoxy) is 5. The Hall–Kier alpha value is -2.64. The lowest BCUT2D eigenvalue weighted by Gasteiger charge is -2.30. The Kier molecular flexibility index (Phi) is 7.65. The van der Waals surface area contributed by atoms with Gasteiger partial charge in [0.15, 0.2) is 11.5 Å². The van der Waals surface area contributed by atoms with Gasteiger partial charge in [-0.25, -0.2) is 0 Å². The first-order chi connectivity index (χ1) is 14.6. The average molecular weight is 419 g/mol. The molecule has 0 bridgehead atoms. The third-order valence-corrected chi connectivity index (χ3v) is 5.71. The molecule has 0 amide bonds. The topological polar surface area (TPSA) is 55.0 Å². The number of rotatable bonds is 9. The Balaban J connectivity index is 1.60. The van der Waals surface area contributed by atoms with Crippen LogP contribution in [0.3, 0.4) is 0 Å². The number of nitrogens with one attached hydrogen (secondary N) is 2. The predicted octanol–water partition coefficient (Wildman–Crippen LogP) is 0.213. The van der Waals surface area contributed by atoms with Crippen molar-refractivity contribution < 1.29 is 33.5 Å². The summed E-state index contributed by atoms with van der Waals surface area (Å²) in [7, 11) is 8.33. The van der Waals surface area contributed by atoms with Crippen molar-refractivity contribution in [3.05, 3.63) is 41.5 Å². The van der Waals surface area contributed by atoms with E-state index in [4.69, 9.17) is 23.7 Å². The molecular formula is C23H34N2O5+2. The normalized spacial score (nSPS) is 18.6. The van der Waals surface area contributed by atoms with Gasteiger partial charge in [-0.15, -0.1) is 0 Å². The monoisotopic (exact) mass is 418 g/mol. The van der Waals surface area contributed by atoms with E-state index < -0.39 is 0 Å². The van der Waals surface area contributed by atoms with Gasteiger partial charge in [-0.05, 0) is 24.3 Å². The number of benzene rings is 2. The van der Waals surface area contributed by atoms with Crippen LogP contribution in [0, 0.1) is 0 Å². The summed E-state index contributed by atoms with van der Waals surface area (Å²) in [6.07, 6.45) is 0. The third kappa shape index (κ3) is 5.29. The minimum Gasteiger partial charge on any atom is -0.497 e. The highest BCUT2D eigenvalue weighted by atomic mass is 16.5. The van der Waals surface area contributed by atoms with Crippen molar-refractivity contribution in [2.24, 2.45) is 0 Å². The molecule has 0 unspecified atom stereocenters. The van der Waals surface area contributed by atoms with Gasteiger partial charge in [-0.3, -0.25) is 0 Å². The molecule has 164 valence electrons. The summed E-state index contributed by atoms with van der Waals surface area (Å²) in [6.45, 7) is 6.40. The van der Waals surface area contributed by atoms with E-state index in [9.17, 15) is 0 Å². The molecule has 0 atom stereocenters. The second-order valence-electron chi connectivity index (χ2n) is 7.61. The maximum Gasteiger partial charge on any atom is 0.203 e. The van der Waals surface area contributed by atoms with Crippen LogP contribution < -0.4 is 33.5 Å². The van der Waals surface area contributed by atoms with Crippen molar-refractivity contribution in [3.8, 4) is 28.7 Å². The molecule has 1 aliphatic rings. The molecule has 0 spiro atoms. The first kappa shape index (κ1) is 22.1. The minimum absolute atomic E-state index is 0.640. The van der Waals surface area contributed by atoms with Crippen molar-refractivity contribution in [1.29, 1.82) is 0 Å². The quantitative estimate of drug-likeness (QED) is 0.610. The maximum absolute atomic E-state index is 5.49. The molecule has 30 heavy (non-hydrogen) atoms. The van der Waals surface area contributed by atoms with Crippen LogP contribution in [-0.2, 0) is 13.1 Å². The fourth-order valence-electron chi connectivity index (χ4n) is 4.09. The summed E-state index contributed by atoms with van der Waals surface area (Å²) in [6, 6.07) is 10.2. The van der Waals surface area contributed by atoms with Crippen molar-refractivity contribution in [2.45, 2.75) is 13.1 Å². The fraction of sp³-hybridized carbons (Fsp3) is 0.478. The number of hydrogen-bond acceptors (Lipinski definition) is 5. The van der Waals surface area contributed by atoms with E-state index in [1.54, 1.807) is 45.3 Å². The SMILES string of the molecule is COc1cc(C[NH+]2CC[NH+](Cc3cc(OC)c(OC)c(OC)c3)CC2)cc(OC)c1. The van der Waals surface area contributed by atoms with Gasteiger partial charge in [0.1, 0.15) is 50.8 Å². The van der Waals surface area contributed by atoms with Crippen LogP contribution in [0.5, 0.6) is 28.7 Å². The highest BCUT2D eigenvalue weighted by molar-refractivity contribution is 5.53. The number of hydrogen-bond donors (Lipinski definition) is 2. The molecule has 0 aromatic heterocycles. The van der Waals surface area contributed by atoms with Crippen LogP contribution in [0.1, 0.15) is 11.1 Å². The Morgan fingerprint density at radius 2 is 1.00 bits per heavy atom. The summed E-state index contributed by atoms with van der Waals surface area (Å²) in [5.74, 6) is 3.75. The Morgan fingerprint density at radius 1 is 0.567 bits per heavy atom. The molecule has 0 radical (unpaired) electrons. The van der Waals surface area contributed by atoms with Crippen LogP contribution >= 0.6 is 0 Å². The van der Waals surface area contributed by atoms with Gasteiger partial charge in [0, 0.05) is 17.2 Å². The van der Waals surface area contributed by atoms with Gasteiger partial charge in [0.2, 0.25) is 5.75 Å². The molecule has 2 aromatic rings. The summed E-state index contributed by atoms with van der Waals surface area (Å²) in [5, 5.41) is 0. The summed E-state index contributed by atoms with van der Waals surface area (Å²) in [5.41, 5.74) is 2.44. The highest BCUT2D eigenvalue weighted by Gasteiger charge is 2.24. The highest BCUT2D eigenvalue weighted by Crippen LogP contribution is 2.38. The largest absolute Gasteiger partial charge is 0.497 e.